The molecule has 1 aliphatic rings. The number of carbonyl (C=O) groups excluding carboxylic acids is 2. The molecule has 3 aromatic carbocycles. The summed E-state index contributed by atoms with van der Waals surface area (Å²) in [7, 11) is 0. The van der Waals surface area contributed by atoms with Crippen LogP contribution in [-0.2, 0) is 0 Å². The van der Waals surface area contributed by atoms with Gasteiger partial charge in [0.25, 0.3) is 0 Å². The molecule has 1 unspecified atom stereocenters. The van der Waals surface area contributed by atoms with Crippen molar-refractivity contribution in [1.82, 2.24) is 4.90 Å². The van der Waals surface area contributed by atoms with E-state index in [9.17, 15) is 19.8 Å². The zero-order chi connectivity index (χ0) is 23.7. The van der Waals surface area contributed by atoms with Crippen LogP contribution in [0.15, 0.2) is 42.5 Å². The number of nitrogens with zero attached hydrogens (tertiary/aromatic N) is 1. The Hall–Kier alpha value is -3.38. The van der Waals surface area contributed by atoms with Crippen LogP contribution in [0.3, 0.4) is 0 Å². The molecule has 0 bridgehead atoms. The molecule has 0 saturated heterocycles. The maximum Gasteiger partial charge on any atom is 0.200 e. The number of benzene rings is 3. The number of anilines is 1. The number of rotatable bonds is 8. The Morgan fingerprint density at radius 1 is 0.848 bits per heavy atom. The quantitative estimate of drug-likeness (QED) is 0.332. The fourth-order valence-corrected chi connectivity index (χ4v) is 4.71. The molecule has 0 aromatic heterocycles. The zero-order valence-corrected chi connectivity index (χ0v) is 19.3. The summed E-state index contributed by atoms with van der Waals surface area (Å²) in [6.07, 6.45) is 1.93. The van der Waals surface area contributed by atoms with Crippen molar-refractivity contribution < 1.29 is 19.8 Å². The second-order valence-corrected chi connectivity index (χ2v) is 8.59. The van der Waals surface area contributed by atoms with E-state index >= 15 is 0 Å². The molecule has 6 nitrogen and oxygen atoms in total. The number of hydrogen-bond donors (Lipinski definition) is 3. The van der Waals surface area contributed by atoms with Gasteiger partial charge in [-0.15, -0.1) is 0 Å². The lowest BCUT2D eigenvalue weighted by Crippen LogP contribution is -2.27. The molecular formula is C27H30N2O4. The van der Waals surface area contributed by atoms with Crippen molar-refractivity contribution in [3.8, 4) is 11.5 Å². The summed E-state index contributed by atoms with van der Waals surface area (Å²) in [5.74, 6) is -1.47. The van der Waals surface area contributed by atoms with Gasteiger partial charge in [-0.1, -0.05) is 50.2 Å². The molecule has 0 radical (unpaired) electrons. The van der Waals surface area contributed by atoms with E-state index in [0.29, 0.717) is 16.5 Å². The number of hydrogen-bond acceptors (Lipinski definition) is 6. The monoisotopic (exact) mass is 446 g/mol. The van der Waals surface area contributed by atoms with Crippen LogP contribution in [0, 0.1) is 0 Å². The van der Waals surface area contributed by atoms with E-state index in [1.54, 1.807) is 42.5 Å². The molecule has 33 heavy (non-hydrogen) atoms. The van der Waals surface area contributed by atoms with Gasteiger partial charge in [0.15, 0.2) is 11.6 Å². The number of fused-ring (bicyclic) bond motifs is 3. The molecule has 0 spiro atoms. The predicted octanol–water partition coefficient (Wildman–Crippen LogP) is 4.95. The first-order chi connectivity index (χ1) is 15.9. The molecule has 1 aliphatic carbocycles. The highest BCUT2D eigenvalue weighted by atomic mass is 16.3. The van der Waals surface area contributed by atoms with Crippen LogP contribution >= 0.6 is 0 Å². The highest BCUT2D eigenvalue weighted by molar-refractivity contribution is 6.33. The highest BCUT2D eigenvalue weighted by Gasteiger charge is 2.37. The Bertz CT molecular complexity index is 1230. The van der Waals surface area contributed by atoms with E-state index in [1.165, 1.54) is 0 Å². The first kappa shape index (κ1) is 22.8. The smallest absolute Gasteiger partial charge is 0.200 e. The number of ketones is 2. The summed E-state index contributed by atoms with van der Waals surface area (Å²) in [6, 6.07) is 11.9. The molecule has 0 amide bonds. The molecular weight excluding hydrogens is 416 g/mol. The molecule has 0 heterocycles. The van der Waals surface area contributed by atoms with Crippen molar-refractivity contribution in [2.45, 2.75) is 39.7 Å². The zero-order valence-electron chi connectivity index (χ0n) is 19.3. The van der Waals surface area contributed by atoms with Gasteiger partial charge >= 0.3 is 0 Å². The molecule has 3 N–H and O–H groups in total. The van der Waals surface area contributed by atoms with Crippen LogP contribution in [-0.4, -0.2) is 52.4 Å². The third kappa shape index (κ3) is 3.95. The van der Waals surface area contributed by atoms with Gasteiger partial charge in [0.2, 0.25) is 0 Å². The van der Waals surface area contributed by atoms with Crippen molar-refractivity contribution in [3.05, 3.63) is 64.7 Å². The Morgan fingerprint density at radius 3 is 2.06 bits per heavy atom. The van der Waals surface area contributed by atoms with Gasteiger partial charge in [0.05, 0.1) is 16.7 Å². The first-order valence-electron chi connectivity index (χ1n) is 11.6. The fraction of sp³-hybridized carbons (Fsp3) is 0.333. The van der Waals surface area contributed by atoms with E-state index in [4.69, 9.17) is 0 Å². The number of phenolic OH excluding ortho intramolecular Hbond substituents is 2. The lowest BCUT2D eigenvalue weighted by atomic mass is 9.80. The minimum Gasteiger partial charge on any atom is -0.506 e. The summed E-state index contributed by atoms with van der Waals surface area (Å²) >= 11 is 0. The minimum atomic E-state index is -0.462. The maximum atomic E-state index is 13.6. The number of phenols is 2. The average Bonchev–Trinajstić information content (AvgIpc) is 2.82. The molecule has 172 valence electrons. The molecule has 3 aromatic rings. The van der Waals surface area contributed by atoms with Crippen LogP contribution in [0.2, 0.25) is 0 Å². The summed E-state index contributed by atoms with van der Waals surface area (Å²) < 4.78 is 0. The van der Waals surface area contributed by atoms with Gasteiger partial charge in [0, 0.05) is 28.1 Å². The standard InChI is InChI=1S/C27H30N2O4/c1-4-29(5-2)15-9-10-16(3)28-20-14-8-13-19-21(20)27(33)23-22(26(19)32)24(30)17-11-6-7-12-18(17)25(23)31/h6-8,11-14,16,28,30-31H,4-5,9-10,15H2,1-3H3. The summed E-state index contributed by atoms with van der Waals surface area (Å²) in [4.78, 5) is 29.3. The van der Waals surface area contributed by atoms with Crippen molar-refractivity contribution in [2.75, 3.05) is 25.0 Å². The van der Waals surface area contributed by atoms with Gasteiger partial charge < -0.3 is 20.4 Å². The molecule has 0 aliphatic heterocycles. The van der Waals surface area contributed by atoms with Gasteiger partial charge in [-0.25, -0.2) is 0 Å². The summed E-state index contributed by atoms with van der Waals surface area (Å²) in [6.45, 7) is 9.41. The average molecular weight is 447 g/mol. The molecule has 1 atom stereocenters. The molecule has 0 fully saturated rings. The van der Waals surface area contributed by atoms with Crippen LogP contribution in [0.4, 0.5) is 5.69 Å². The Kier molecular flexibility index (Phi) is 6.38. The fourth-order valence-electron chi connectivity index (χ4n) is 4.71. The topological polar surface area (TPSA) is 89.9 Å². The second-order valence-electron chi connectivity index (χ2n) is 8.59. The van der Waals surface area contributed by atoms with Crippen molar-refractivity contribution in [2.24, 2.45) is 0 Å². The largest absolute Gasteiger partial charge is 0.506 e. The molecule has 0 saturated carbocycles. The van der Waals surface area contributed by atoms with Crippen LogP contribution < -0.4 is 5.32 Å². The highest BCUT2D eigenvalue weighted by Crippen LogP contribution is 2.45. The van der Waals surface area contributed by atoms with E-state index in [0.717, 1.165) is 32.5 Å². The molecule has 6 heteroatoms. The SMILES string of the molecule is CCN(CC)CCCC(C)Nc1cccc2c1C(=O)c1c(c(O)c3ccccc3c1O)C2=O. The number of carbonyl (C=O) groups is 2. The van der Waals surface area contributed by atoms with Crippen molar-refractivity contribution in [1.29, 1.82) is 0 Å². The summed E-state index contributed by atoms with van der Waals surface area (Å²) in [5, 5.41) is 25.8. The van der Waals surface area contributed by atoms with Gasteiger partial charge in [-0.05, 0) is 45.5 Å². The van der Waals surface area contributed by atoms with E-state index in [2.05, 4.69) is 31.0 Å². The normalized spacial score (nSPS) is 13.8. The van der Waals surface area contributed by atoms with E-state index in [1.807, 2.05) is 0 Å². The van der Waals surface area contributed by atoms with E-state index < -0.39 is 11.6 Å². The lowest BCUT2D eigenvalue weighted by molar-refractivity contribution is 0.0975. The van der Waals surface area contributed by atoms with Crippen molar-refractivity contribution >= 4 is 28.0 Å². The number of aromatic hydroxyl groups is 2. The van der Waals surface area contributed by atoms with E-state index in [-0.39, 0.29) is 39.8 Å². The Balaban J connectivity index is 1.69. The molecule has 4 rings (SSSR count). The van der Waals surface area contributed by atoms with Gasteiger partial charge in [0.1, 0.15) is 11.5 Å². The van der Waals surface area contributed by atoms with Gasteiger partial charge in [-0.3, -0.25) is 9.59 Å². The lowest BCUT2D eigenvalue weighted by Gasteiger charge is -2.25. The predicted molar refractivity (Wildman–Crippen MR) is 131 cm³/mol. The Labute approximate surface area is 193 Å². The van der Waals surface area contributed by atoms with Crippen LogP contribution in [0.25, 0.3) is 10.8 Å². The summed E-state index contributed by atoms with van der Waals surface area (Å²) in [5.41, 5.74) is 0.785. The Morgan fingerprint density at radius 2 is 1.45 bits per heavy atom. The first-order valence-corrected chi connectivity index (χ1v) is 11.6. The van der Waals surface area contributed by atoms with Gasteiger partial charge in [-0.2, -0.15) is 0 Å². The minimum absolute atomic E-state index is 0.0926. The number of nitrogens with one attached hydrogen (secondary N) is 1. The van der Waals surface area contributed by atoms with Crippen LogP contribution in [0.5, 0.6) is 11.5 Å². The third-order valence-electron chi connectivity index (χ3n) is 6.56. The van der Waals surface area contributed by atoms with Crippen molar-refractivity contribution in [3.63, 3.8) is 0 Å². The third-order valence-corrected chi connectivity index (χ3v) is 6.56. The second kappa shape index (κ2) is 9.24. The maximum absolute atomic E-state index is 13.6. The van der Waals surface area contributed by atoms with Crippen LogP contribution in [0.1, 0.15) is 65.5 Å².